The van der Waals surface area contributed by atoms with Crippen LogP contribution < -0.4 is 15.0 Å². The van der Waals surface area contributed by atoms with Crippen molar-refractivity contribution in [2.24, 2.45) is 0 Å². The van der Waals surface area contributed by atoms with Crippen LogP contribution in [0.3, 0.4) is 0 Å². The van der Waals surface area contributed by atoms with Gasteiger partial charge in [0.1, 0.15) is 16.5 Å². The van der Waals surface area contributed by atoms with Crippen LogP contribution in [0.1, 0.15) is 17.3 Å². The van der Waals surface area contributed by atoms with Crippen LogP contribution >= 0.6 is 0 Å². The Morgan fingerprint density at radius 3 is 2.35 bits per heavy atom. The van der Waals surface area contributed by atoms with Gasteiger partial charge in [-0.2, -0.15) is 4.31 Å². The summed E-state index contributed by atoms with van der Waals surface area (Å²) in [7, 11) is -4.12. The van der Waals surface area contributed by atoms with Crippen LogP contribution in [0.2, 0.25) is 0 Å². The van der Waals surface area contributed by atoms with Crippen LogP contribution in [-0.2, 0) is 10.0 Å². The predicted molar refractivity (Wildman–Crippen MR) is 129 cm³/mol. The minimum atomic E-state index is -4.12. The van der Waals surface area contributed by atoms with Crippen LogP contribution in [0.5, 0.6) is 5.75 Å². The van der Waals surface area contributed by atoms with Crippen molar-refractivity contribution in [3.8, 4) is 5.75 Å². The van der Waals surface area contributed by atoms with E-state index in [-0.39, 0.29) is 18.7 Å². The molecule has 1 aliphatic heterocycles. The van der Waals surface area contributed by atoms with Gasteiger partial charge in [0, 0.05) is 37.4 Å². The molecule has 0 spiro atoms. The maximum absolute atomic E-state index is 14.6. The molecule has 0 saturated carbocycles. The van der Waals surface area contributed by atoms with Crippen molar-refractivity contribution in [2.75, 3.05) is 43.0 Å². The summed E-state index contributed by atoms with van der Waals surface area (Å²) >= 11 is 0. The number of para-hydroxylation sites is 3. The zero-order valence-corrected chi connectivity index (χ0v) is 19.6. The largest absolute Gasteiger partial charge is 0.492 e. The third kappa shape index (κ3) is 5.05. The number of nitrogens with one attached hydrogen (secondary N) is 1. The summed E-state index contributed by atoms with van der Waals surface area (Å²) < 4.78 is 47.9. The number of benzene rings is 3. The summed E-state index contributed by atoms with van der Waals surface area (Å²) in [5.41, 5.74) is 1.49. The molecule has 1 heterocycles. The molecule has 1 saturated heterocycles. The lowest BCUT2D eigenvalue weighted by molar-refractivity contribution is 0.102. The Balaban J connectivity index is 1.52. The van der Waals surface area contributed by atoms with Gasteiger partial charge in [0.2, 0.25) is 10.0 Å². The fourth-order valence-corrected chi connectivity index (χ4v) is 5.37. The molecular formula is C25H26FN3O4S. The fraction of sp³-hybridized carbons (Fsp3) is 0.240. The van der Waals surface area contributed by atoms with E-state index in [0.29, 0.717) is 31.1 Å². The first-order valence-electron chi connectivity index (χ1n) is 11.0. The molecule has 0 aromatic heterocycles. The smallest absolute Gasteiger partial charge is 0.255 e. The van der Waals surface area contributed by atoms with Crippen molar-refractivity contribution in [1.82, 2.24) is 4.31 Å². The van der Waals surface area contributed by atoms with E-state index in [1.54, 1.807) is 24.3 Å². The zero-order chi connectivity index (χ0) is 24.1. The average Bonchev–Trinajstić information content (AvgIpc) is 2.86. The van der Waals surface area contributed by atoms with E-state index in [0.717, 1.165) is 17.8 Å². The second-order valence-electron chi connectivity index (χ2n) is 7.76. The van der Waals surface area contributed by atoms with E-state index in [2.05, 4.69) is 10.2 Å². The van der Waals surface area contributed by atoms with E-state index < -0.39 is 26.6 Å². The first-order valence-corrected chi connectivity index (χ1v) is 12.5. The molecule has 1 fully saturated rings. The van der Waals surface area contributed by atoms with E-state index in [1.165, 1.54) is 10.4 Å². The minimum absolute atomic E-state index is 0.0363. The van der Waals surface area contributed by atoms with Gasteiger partial charge in [-0.25, -0.2) is 12.8 Å². The molecule has 34 heavy (non-hydrogen) atoms. The van der Waals surface area contributed by atoms with Crippen LogP contribution in [-0.4, -0.2) is 51.4 Å². The molecule has 0 aliphatic carbocycles. The number of rotatable bonds is 7. The van der Waals surface area contributed by atoms with Gasteiger partial charge in [-0.05, 0) is 49.4 Å². The maximum Gasteiger partial charge on any atom is 0.255 e. The number of carbonyl (C=O) groups excluding carboxylic acids is 1. The van der Waals surface area contributed by atoms with Crippen LogP contribution in [0.25, 0.3) is 0 Å². The van der Waals surface area contributed by atoms with Crippen molar-refractivity contribution in [3.05, 3.63) is 84.2 Å². The molecular weight excluding hydrogens is 457 g/mol. The molecule has 0 bridgehead atoms. The highest BCUT2D eigenvalue weighted by molar-refractivity contribution is 7.89. The Morgan fingerprint density at radius 1 is 0.971 bits per heavy atom. The van der Waals surface area contributed by atoms with E-state index in [4.69, 9.17) is 4.74 Å². The predicted octanol–water partition coefficient (Wildman–Crippen LogP) is 3.99. The van der Waals surface area contributed by atoms with E-state index in [1.807, 2.05) is 37.3 Å². The molecule has 3 aromatic carbocycles. The third-order valence-corrected chi connectivity index (χ3v) is 7.52. The third-order valence-electron chi connectivity index (χ3n) is 5.61. The number of sulfonamides is 1. The summed E-state index contributed by atoms with van der Waals surface area (Å²) in [6.45, 7) is 3.65. The van der Waals surface area contributed by atoms with Gasteiger partial charge >= 0.3 is 0 Å². The Bertz CT molecular complexity index is 1260. The number of anilines is 2. The molecule has 3 aromatic rings. The molecule has 178 valence electrons. The van der Waals surface area contributed by atoms with Crippen molar-refractivity contribution >= 4 is 27.3 Å². The molecule has 1 N–H and O–H groups in total. The summed E-state index contributed by atoms with van der Waals surface area (Å²) in [6, 6.07) is 20.0. The Labute approximate surface area is 198 Å². The van der Waals surface area contributed by atoms with Crippen molar-refractivity contribution in [1.29, 1.82) is 0 Å². The topological polar surface area (TPSA) is 78.9 Å². The van der Waals surface area contributed by atoms with Gasteiger partial charge in [-0.15, -0.1) is 0 Å². The van der Waals surface area contributed by atoms with Gasteiger partial charge in [-0.3, -0.25) is 4.79 Å². The van der Waals surface area contributed by atoms with Gasteiger partial charge in [-0.1, -0.05) is 30.3 Å². The molecule has 7 nitrogen and oxygen atoms in total. The first kappa shape index (κ1) is 23.7. The van der Waals surface area contributed by atoms with E-state index >= 15 is 0 Å². The molecule has 1 aliphatic rings. The number of nitrogens with zero attached hydrogens (tertiary/aromatic N) is 2. The number of ether oxygens (including phenoxy) is 1. The average molecular weight is 484 g/mol. The number of amides is 1. The lowest BCUT2D eigenvalue weighted by Crippen LogP contribution is -2.48. The second kappa shape index (κ2) is 10.2. The number of piperazine rings is 1. The first-order chi connectivity index (χ1) is 16.4. The maximum atomic E-state index is 14.6. The van der Waals surface area contributed by atoms with Crippen LogP contribution in [0.15, 0.2) is 77.7 Å². The number of carbonyl (C=O) groups is 1. The zero-order valence-electron chi connectivity index (χ0n) is 18.8. The quantitative estimate of drug-likeness (QED) is 0.550. The highest BCUT2D eigenvalue weighted by atomic mass is 32.2. The Kier molecular flexibility index (Phi) is 7.14. The van der Waals surface area contributed by atoms with Gasteiger partial charge in [0.05, 0.1) is 12.3 Å². The second-order valence-corrected chi connectivity index (χ2v) is 9.66. The summed E-state index contributed by atoms with van der Waals surface area (Å²) in [5.74, 6) is -0.959. The SMILES string of the molecule is CCOc1ccccc1NC(=O)c1ccc(F)c(S(=O)(=O)N2CCN(c3ccccc3)CC2)c1. The van der Waals surface area contributed by atoms with Gasteiger partial charge in [0.25, 0.3) is 5.91 Å². The Morgan fingerprint density at radius 2 is 1.65 bits per heavy atom. The van der Waals surface area contributed by atoms with Gasteiger partial charge < -0.3 is 15.0 Å². The molecule has 0 unspecified atom stereocenters. The summed E-state index contributed by atoms with van der Waals surface area (Å²) in [5, 5.41) is 2.71. The molecule has 0 atom stereocenters. The lowest BCUT2D eigenvalue weighted by atomic mass is 10.2. The highest BCUT2D eigenvalue weighted by Crippen LogP contribution is 2.27. The van der Waals surface area contributed by atoms with Crippen LogP contribution in [0.4, 0.5) is 15.8 Å². The monoisotopic (exact) mass is 483 g/mol. The van der Waals surface area contributed by atoms with E-state index in [9.17, 15) is 17.6 Å². The molecule has 1 amide bonds. The Hall–Kier alpha value is -3.43. The fourth-order valence-electron chi connectivity index (χ4n) is 3.85. The van der Waals surface area contributed by atoms with Crippen molar-refractivity contribution in [3.63, 3.8) is 0 Å². The van der Waals surface area contributed by atoms with Gasteiger partial charge in [0.15, 0.2) is 0 Å². The lowest BCUT2D eigenvalue weighted by Gasteiger charge is -2.35. The minimum Gasteiger partial charge on any atom is -0.492 e. The normalized spacial score (nSPS) is 14.6. The molecule has 9 heteroatoms. The highest BCUT2D eigenvalue weighted by Gasteiger charge is 2.31. The number of halogens is 1. The standard InChI is InChI=1S/C25H26FN3O4S/c1-2-33-23-11-7-6-10-22(23)27-25(30)19-12-13-21(26)24(18-19)34(31,32)29-16-14-28(15-17-29)20-8-4-3-5-9-20/h3-13,18H,2,14-17H2,1H3,(H,27,30). The number of hydrogen-bond acceptors (Lipinski definition) is 5. The van der Waals surface area contributed by atoms with Crippen molar-refractivity contribution < 1.29 is 22.3 Å². The van der Waals surface area contributed by atoms with Crippen molar-refractivity contribution in [2.45, 2.75) is 11.8 Å². The van der Waals surface area contributed by atoms with Crippen LogP contribution in [0, 0.1) is 5.82 Å². The molecule has 4 rings (SSSR count). The number of hydrogen-bond donors (Lipinski definition) is 1. The summed E-state index contributed by atoms with van der Waals surface area (Å²) in [4.78, 5) is 14.4. The summed E-state index contributed by atoms with van der Waals surface area (Å²) in [6.07, 6.45) is 0. The molecule has 0 radical (unpaired) electrons.